The Hall–Kier alpha value is -6.30. The topological polar surface area (TPSA) is 324 Å². The Kier molecular flexibility index (Phi) is 18.4. The number of carboxylic acid groups (broad SMARTS) is 2. The SMILES string of the molecule is CCS(=O)(=O)CCn1c([N+](=O)[O-])cnc1C.CCS(=O)(=O)CCn1c([N+](=O)[O-])cnc1C.COc1cc(C(=O)O)ccc1O.COc1cc(C(=O)O)ccc1O. The number of aryl methyl sites for hydroxylation is 2. The summed E-state index contributed by atoms with van der Waals surface area (Å²) in [5, 5.41) is 56.6. The molecule has 2 aromatic heterocycles. The van der Waals surface area contributed by atoms with Gasteiger partial charge in [0.2, 0.25) is 0 Å². The number of nitrogens with zero attached hydrogens (tertiary/aromatic N) is 6. The summed E-state index contributed by atoms with van der Waals surface area (Å²) >= 11 is 0. The average Bonchev–Trinajstić information content (AvgIpc) is 3.72. The van der Waals surface area contributed by atoms with Crippen molar-refractivity contribution < 1.29 is 66.2 Å². The maximum absolute atomic E-state index is 11.3. The second-order valence-electron chi connectivity index (χ2n) is 11.0. The van der Waals surface area contributed by atoms with Crippen molar-refractivity contribution >= 4 is 43.2 Å². The first-order valence-electron chi connectivity index (χ1n) is 16.0. The molecule has 22 nitrogen and oxygen atoms in total. The fourth-order valence-corrected chi connectivity index (χ4v) is 5.63. The highest BCUT2D eigenvalue weighted by atomic mass is 32.2. The van der Waals surface area contributed by atoms with Crippen LogP contribution in [-0.2, 0) is 32.8 Å². The summed E-state index contributed by atoms with van der Waals surface area (Å²) in [5.41, 5.74) is 0.175. The van der Waals surface area contributed by atoms with E-state index in [-0.39, 0.29) is 81.9 Å². The minimum atomic E-state index is -3.13. The number of benzene rings is 2. The molecular formula is C32H42N6O16S2. The third-order valence-corrected chi connectivity index (χ3v) is 10.8. The van der Waals surface area contributed by atoms with Gasteiger partial charge in [-0.05, 0) is 46.2 Å². The molecule has 0 saturated carbocycles. The van der Waals surface area contributed by atoms with Crippen LogP contribution < -0.4 is 9.47 Å². The molecule has 2 heterocycles. The van der Waals surface area contributed by atoms with Gasteiger partial charge in [-0.25, -0.2) is 45.5 Å². The number of imidazole rings is 2. The first-order chi connectivity index (χ1) is 26.0. The molecule has 0 aliphatic heterocycles. The lowest BCUT2D eigenvalue weighted by atomic mass is 10.2. The van der Waals surface area contributed by atoms with Crippen LogP contribution in [0.25, 0.3) is 0 Å². The molecule has 56 heavy (non-hydrogen) atoms. The number of nitro groups is 2. The summed E-state index contributed by atoms with van der Waals surface area (Å²) in [7, 11) is -3.53. The quantitative estimate of drug-likeness (QED) is 0.105. The van der Waals surface area contributed by atoms with Crippen molar-refractivity contribution in [3.63, 3.8) is 0 Å². The van der Waals surface area contributed by atoms with Crippen LogP contribution >= 0.6 is 0 Å². The molecule has 4 N–H and O–H groups in total. The number of aromatic carboxylic acids is 2. The fraction of sp³-hybridized carbons (Fsp3) is 0.375. The predicted octanol–water partition coefficient (Wildman–Crippen LogP) is 3.27. The van der Waals surface area contributed by atoms with Crippen LogP contribution in [0.1, 0.15) is 46.2 Å². The molecule has 0 fully saturated rings. The van der Waals surface area contributed by atoms with Gasteiger partial charge in [0, 0.05) is 25.4 Å². The molecule has 0 saturated heterocycles. The number of phenols is 2. The zero-order valence-electron chi connectivity index (χ0n) is 31.0. The van der Waals surface area contributed by atoms with Gasteiger partial charge in [0.15, 0.2) is 54.3 Å². The van der Waals surface area contributed by atoms with E-state index < -0.39 is 41.5 Å². The Morgan fingerprint density at radius 3 is 1.27 bits per heavy atom. The summed E-state index contributed by atoms with van der Waals surface area (Å²) < 4.78 is 57.2. The first kappa shape index (κ1) is 47.7. The second kappa shape index (κ2) is 21.6. The third-order valence-electron chi connectivity index (χ3n) is 7.43. The normalized spacial score (nSPS) is 10.7. The van der Waals surface area contributed by atoms with Crippen LogP contribution in [0.15, 0.2) is 48.8 Å². The fourth-order valence-electron chi connectivity index (χ4n) is 4.13. The molecule has 308 valence electrons. The predicted molar refractivity (Wildman–Crippen MR) is 199 cm³/mol. The standard InChI is InChI=1S/2C8H13N3O4S.2C8H8O4/c2*1-3-16(14,15)5-4-10-7(2)9-6-8(10)11(12)13;2*1-12-7-4-5(8(10)11)2-3-6(7)9/h2*6H,3-5H2,1-2H3;2*2-4,9H,1H3,(H,10,11). The lowest BCUT2D eigenvalue weighted by molar-refractivity contribution is -0.392. The maximum atomic E-state index is 11.3. The summed E-state index contributed by atoms with van der Waals surface area (Å²) in [6.45, 7) is 6.43. The Labute approximate surface area is 320 Å². The highest BCUT2D eigenvalue weighted by molar-refractivity contribution is 7.91. The van der Waals surface area contributed by atoms with Crippen LogP contribution in [0, 0.1) is 34.1 Å². The molecule has 0 radical (unpaired) electrons. The summed E-state index contributed by atoms with van der Waals surface area (Å²) in [6, 6.07) is 7.69. The van der Waals surface area contributed by atoms with E-state index in [9.17, 15) is 46.7 Å². The van der Waals surface area contributed by atoms with Gasteiger partial charge in [0.25, 0.3) is 0 Å². The summed E-state index contributed by atoms with van der Waals surface area (Å²) in [5.74, 6) is -1.52. The molecule has 0 bridgehead atoms. The highest BCUT2D eigenvalue weighted by Gasteiger charge is 2.21. The van der Waals surface area contributed by atoms with Crippen molar-refractivity contribution in [1.29, 1.82) is 0 Å². The molecule has 0 spiro atoms. The van der Waals surface area contributed by atoms with E-state index in [1.54, 1.807) is 27.7 Å². The van der Waals surface area contributed by atoms with Crippen LogP contribution in [0.4, 0.5) is 11.6 Å². The van der Waals surface area contributed by atoms with Crippen LogP contribution in [0.2, 0.25) is 0 Å². The van der Waals surface area contributed by atoms with Gasteiger partial charge in [-0.15, -0.1) is 0 Å². The van der Waals surface area contributed by atoms with Gasteiger partial charge < -0.3 is 50.1 Å². The number of ether oxygens (including phenoxy) is 2. The molecule has 0 atom stereocenters. The van der Waals surface area contributed by atoms with Crippen molar-refractivity contribution in [2.24, 2.45) is 0 Å². The van der Waals surface area contributed by atoms with Crippen LogP contribution in [0.5, 0.6) is 23.0 Å². The number of hydrogen-bond donors (Lipinski definition) is 4. The molecular weight excluding hydrogens is 789 g/mol. The summed E-state index contributed by atoms with van der Waals surface area (Å²) in [4.78, 5) is 48.6. The number of phenolic OH excluding ortho intramolecular Hbond substituents is 2. The van der Waals surface area contributed by atoms with E-state index in [1.165, 1.54) is 59.8 Å². The van der Waals surface area contributed by atoms with Gasteiger partial charge in [-0.2, -0.15) is 0 Å². The molecule has 0 unspecified atom stereocenters. The van der Waals surface area contributed by atoms with Crippen LogP contribution in [-0.4, -0.2) is 115 Å². The van der Waals surface area contributed by atoms with E-state index in [2.05, 4.69) is 9.97 Å². The molecule has 24 heteroatoms. The molecule has 0 amide bonds. The smallest absolute Gasteiger partial charge is 0.342 e. The monoisotopic (exact) mass is 830 g/mol. The van der Waals surface area contributed by atoms with Gasteiger partial charge in [-0.1, -0.05) is 13.8 Å². The van der Waals surface area contributed by atoms with Crippen molar-refractivity contribution in [3.05, 3.63) is 91.8 Å². The molecule has 4 aromatic rings. The Bertz CT molecular complexity index is 2060. The zero-order chi connectivity index (χ0) is 43.0. The van der Waals surface area contributed by atoms with E-state index in [1.807, 2.05) is 0 Å². The first-order valence-corrected chi connectivity index (χ1v) is 19.6. The Morgan fingerprint density at radius 1 is 0.696 bits per heavy atom. The van der Waals surface area contributed by atoms with Gasteiger partial charge in [0.05, 0.1) is 36.9 Å². The lowest BCUT2D eigenvalue weighted by Crippen LogP contribution is -2.16. The minimum Gasteiger partial charge on any atom is -0.504 e. The second-order valence-corrected chi connectivity index (χ2v) is 15.9. The van der Waals surface area contributed by atoms with Gasteiger partial charge in [0.1, 0.15) is 25.5 Å². The number of sulfone groups is 2. The molecule has 2 aromatic carbocycles. The number of rotatable bonds is 14. The maximum Gasteiger partial charge on any atom is 0.342 e. The zero-order valence-corrected chi connectivity index (χ0v) is 32.7. The van der Waals surface area contributed by atoms with Crippen molar-refractivity contribution in [1.82, 2.24) is 19.1 Å². The van der Waals surface area contributed by atoms with Gasteiger partial charge in [-0.3, -0.25) is 0 Å². The molecule has 0 aliphatic rings. The largest absolute Gasteiger partial charge is 0.504 e. The third kappa shape index (κ3) is 14.8. The number of carbonyl (C=O) groups is 2. The average molecular weight is 831 g/mol. The number of methoxy groups -OCH3 is 2. The number of hydrogen-bond acceptors (Lipinski definition) is 16. The number of aromatic hydroxyl groups is 2. The van der Waals surface area contributed by atoms with Gasteiger partial charge >= 0.3 is 23.6 Å². The Morgan fingerprint density at radius 2 is 1.02 bits per heavy atom. The number of aromatic nitrogens is 4. The van der Waals surface area contributed by atoms with E-state index >= 15 is 0 Å². The minimum absolute atomic E-state index is 0.0363. The Balaban J connectivity index is 0.000000377. The van der Waals surface area contributed by atoms with Crippen LogP contribution in [0.3, 0.4) is 0 Å². The van der Waals surface area contributed by atoms with Crippen molar-refractivity contribution in [3.8, 4) is 23.0 Å². The van der Waals surface area contributed by atoms with E-state index in [0.717, 1.165) is 12.4 Å². The molecule has 4 rings (SSSR count). The lowest BCUT2D eigenvalue weighted by Gasteiger charge is -2.02. The van der Waals surface area contributed by atoms with E-state index in [4.69, 9.17) is 29.9 Å². The number of carboxylic acids is 2. The molecule has 0 aliphatic carbocycles. The van der Waals surface area contributed by atoms with Crippen molar-refractivity contribution in [2.45, 2.75) is 40.8 Å². The van der Waals surface area contributed by atoms with E-state index in [0.29, 0.717) is 11.6 Å². The summed E-state index contributed by atoms with van der Waals surface area (Å²) in [6.07, 6.45) is 2.27. The van der Waals surface area contributed by atoms with Crippen molar-refractivity contribution in [2.75, 3.05) is 37.2 Å². The highest BCUT2D eigenvalue weighted by Crippen LogP contribution is 2.27.